The first-order chi connectivity index (χ1) is 12.2. The molecule has 1 aromatic heterocycles. The molecule has 0 spiro atoms. The fraction of sp³-hybridized carbons (Fsp3) is 0.211. The number of nitrogens with one attached hydrogen (secondary N) is 1. The third-order valence-electron chi connectivity index (χ3n) is 3.75. The number of aromatic nitrogens is 2. The van der Waals surface area contributed by atoms with Crippen LogP contribution in [0.1, 0.15) is 23.1 Å². The van der Waals surface area contributed by atoms with Gasteiger partial charge in [0.25, 0.3) is 0 Å². The predicted molar refractivity (Wildman–Crippen MR) is 104 cm³/mol. The highest BCUT2D eigenvalue weighted by Gasteiger charge is 2.09. The Morgan fingerprint density at radius 1 is 1.08 bits per heavy atom. The second-order valence-corrected chi connectivity index (χ2v) is 7.82. The molecule has 0 unspecified atom stereocenters. The molecular formula is C19H19N3OS2. The summed E-state index contributed by atoms with van der Waals surface area (Å²) in [6, 6.07) is 18.3. The van der Waals surface area contributed by atoms with Crippen LogP contribution in [0.5, 0.6) is 0 Å². The Kier molecular flexibility index (Phi) is 6.19. The summed E-state index contributed by atoms with van der Waals surface area (Å²) in [6.45, 7) is 2.11. The number of hydrogen-bond acceptors (Lipinski definition) is 5. The normalized spacial score (nSPS) is 10.6. The molecule has 3 aromatic rings. The van der Waals surface area contributed by atoms with E-state index in [9.17, 15) is 4.79 Å². The zero-order chi connectivity index (χ0) is 17.5. The summed E-state index contributed by atoms with van der Waals surface area (Å²) in [5.74, 6) is 0.818. The number of aryl methyl sites for hydroxylation is 2. The minimum absolute atomic E-state index is 0.0320. The predicted octanol–water partition coefficient (Wildman–Crippen LogP) is 4.71. The Bertz CT molecular complexity index is 833. The summed E-state index contributed by atoms with van der Waals surface area (Å²) < 4.78 is 0.863. The van der Waals surface area contributed by atoms with Gasteiger partial charge in [-0.3, -0.25) is 4.79 Å². The number of carbonyl (C=O) groups is 1. The first-order valence-electron chi connectivity index (χ1n) is 8.05. The third-order valence-corrected chi connectivity index (χ3v) is 5.77. The van der Waals surface area contributed by atoms with E-state index in [-0.39, 0.29) is 5.91 Å². The average molecular weight is 370 g/mol. The quantitative estimate of drug-likeness (QED) is 0.484. The Hall–Kier alpha value is -2.18. The van der Waals surface area contributed by atoms with Gasteiger partial charge in [-0.1, -0.05) is 77.7 Å². The Morgan fingerprint density at radius 2 is 1.84 bits per heavy atom. The van der Waals surface area contributed by atoms with Crippen LogP contribution in [-0.4, -0.2) is 16.1 Å². The lowest BCUT2D eigenvalue weighted by atomic mass is 10.1. The van der Waals surface area contributed by atoms with Crippen molar-refractivity contribution >= 4 is 34.1 Å². The van der Waals surface area contributed by atoms with Crippen molar-refractivity contribution in [2.24, 2.45) is 0 Å². The highest BCUT2D eigenvalue weighted by atomic mass is 32.2. The smallest absolute Gasteiger partial charge is 0.226 e. The van der Waals surface area contributed by atoms with Gasteiger partial charge in [0, 0.05) is 12.2 Å². The molecule has 25 heavy (non-hydrogen) atoms. The van der Waals surface area contributed by atoms with Crippen LogP contribution in [0.25, 0.3) is 0 Å². The van der Waals surface area contributed by atoms with Crippen LogP contribution in [-0.2, 0) is 17.0 Å². The van der Waals surface area contributed by atoms with Crippen molar-refractivity contribution < 1.29 is 4.79 Å². The lowest BCUT2D eigenvalue weighted by molar-refractivity contribution is -0.116. The van der Waals surface area contributed by atoms with E-state index in [2.05, 4.69) is 34.6 Å². The van der Waals surface area contributed by atoms with Crippen LogP contribution in [0.15, 0.2) is 58.9 Å². The van der Waals surface area contributed by atoms with E-state index >= 15 is 0 Å². The summed E-state index contributed by atoms with van der Waals surface area (Å²) in [5.41, 5.74) is 3.72. The fourth-order valence-corrected chi connectivity index (χ4v) is 4.16. The molecule has 128 valence electrons. The van der Waals surface area contributed by atoms with Crippen molar-refractivity contribution in [3.05, 3.63) is 71.3 Å². The van der Waals surface area contributed by atoms with Crippen molar-refractivity contribution in [2.45, 2.75) is 29.9 Å². The SMILES string of the molecule is Cc1ccccc1CSc1nnc(NC(=O)CCc2ccccc2)s1. The number of amides is 1. The van der Waals surface area contributed by atoms with E-state index in [4.69, 9.17) is 0 Å². The highest BCUT2D eigenvalue weighted by Crippen LogP contribution is 2.29. The second kappa shape index (κ2) is 8.78. The summed E-state index contributed by atoms with van der Waals surface area (Å²) in [6.07, 6.45) is 1.16. The Morgan fingerprint density at radius 3 is 2.64 bits per heavy atom. The molecule has 6 heteroatoms. The molecule has 4 nitrogen and oxygen atoms in total. The molecule has 0 saturated heterocycles. The van der Waals surface area contributed by atoms with E-state index in [1.807, 2.05) is 42.5 Å². The zero-order valence-corrected chi connectivity index (χ0v) is 15.6. The van der Waals surface area contributed by atoms with E-state index in [0.717, 1.165) is 22.1 Å². The molecule has 0 radical (unpaired) electrons. The maximum Gasteiger partial charge on any atom is 0.226 e. The number of rotatable bonds is 7. The van der Waals surface area contributed by atoms with E-state index in [1.165, 1.54) is 22.5 Å². The van der Waals surface area contributed by atoms with Crippen LogP contribution in [0.4, 0.5) is 5.13 Å². The molecule has 1 N–H and O–H groups in total. The lowest BCUT2D eigenvalue weighted by Crippen LogP contribution is -2.12. The largest absolute Gasteiger partial charge is 0.300 e. The molecule has 0 saturated carbocycles. The van der Waals surface area contributed by atoms with Gasteiger partial charge in [-0.05, 0) is 30.0 Å². The molecule has 0 aliphatic heterocycles. The topological polar surface area (TPSA) is 54.9 Å². The molecule has 1 amide bonds. The highest BCUT2D eigenvalue weighted by molar-refractivity contribution is 8.00. The summed E-state index contributed by atoms with van der Waals surface area (Å²) in [5, 5.41) is 11.6. The fourth-order valence-electron chi connectivity index (χ4n) is 2.31. The molecule has 0 aliphatic carbocycles. The number of benzene rings is 2. The molecule has 0 aliphatic rings. The number of anilines is 1. The van der Waals surface area contributed by atoms with Gasteiger partial charge >= 0.3 is 0 Å². The molecule has 2 aromatic carbocycles. The molecule has 0 atom stereocenters. The van der Waals surface area contributed by atoms with Crippen LogP contribution < -0.4 is 5.32 Å². The van der Waals surface area contributed by atoms with Crippen molar-refractivity contribution in [3.8, 4) is 0 Å². The van der Waals surface area contributed by atoms with Crippen molar-refractivity contribution in [1.29, 1.82) is 0 Å². The van der Waals surface area contributed by atoms with Crippen LogP contribution in [0.2, 0.25) is 0 Å². The summed E-state index contributed by atoms with van der Waals surface area (Å²) in [7, 11) is 0. The molecule has 1 heterocycles. The van der Waals surface area contributed by atoms with Gasteiger partial charge in [-0.15, -0.1) is 10.2 Å². The van der Waals surface area contributed by atoms with Crippen molar-refractivity contribution in [2.75, 3.05) is 5.32 Å². The maximum absolute atomic E-state index is 12.0. The van der Waals surface area contributed by atoms with Crippen molar-refractivity contribution in [1.82, 2.24) is 10.2 Å². The Balaban J connectivity index is 1.48. The van der Waals surface area contributed by atoms with Gasteiger partial charge in [-0.2, -0.15) is 0 Å². The second-order valence-electron chi connectivity index (χ2n) is 5.62. The zero-order valence-electron chi connectivity index (χ0n) is 13.9. The van der Waals surface area contributed by atoms with Gasteiger partial charge in [0.05, 0.1) is 0 Å². The van der Waals surface area contributed by atoms with E-state index in [0.29, 0.717) is 11.6 Å². The number of nitrogens with zero attached hydrogens (tertiary/aromatic N) is 2. The summed E-state index contributed by atoms with van der Waals surface area (Å²) >= 11 is 3.06. The van der Waals surface area contributed by atoms with E-state index < -0.39 is 0 Å². The minimum Gasteiger partial charge on any atom is -0.300 e. The van der Waals surface area contributed by atoms with Crippen molar-refractivity contribution in [3.63, 3.8) is 0 Å². The number of thioether (sulfide) groups is 1. The molecule has 0 fully saturated rings. The molecular weight excluding hydrogens is 350 g/mol. The average Bonchev–Trinajstić information content (AvgIpc) is 3.07. The number of carbonyl (C=O) groups excluding carboxylic acids is 1. The van der Waals surface area contributed by atoms with E-state index in [1.54, 1.807) is 11.8 Å². The van der Waals surface area contributed by atoms with Crippen LogP contribution >= 0.6 is 23.1 Å². The summed E-state index contributed by atoms with van der Waals surface area (Å²) in [4.78, 5) is 12.0. The van der Waals surface area contributed by atoms with Crippen LogP contribution in [0.3, 0.4) is 0 Å². The Labute approximate surface area is 155 Å². The monoisotopic (exact) mass is 369 g/mol. The van der Waals surface area contributed by atoms with Gasteiger partial charge in [0.15, 0.2) is 4.34 Å². The first kappa shape index (κ1) is 17.6. The standard InChI is InChI=1S/C19H19N3OS2/c1-14-7-5-6-10-16(14)13-24-19-22-21-18(25-19)20-17(23)12-11-15-8-3-2-4-9-15/h2-10H,11-13H2,1H3,(H,20,21,23). The van der Waals surface area contributed by atoms with Gasteiger partial charge < -0.3 is 5.32 Å². The maximum atomic E-state index is 12.0. The first-order valence-corrected chi connectivity index (χ1v) is 9.85. The number of hydrogen-bond donors (Lipinski definition) is 1. The lowest BCUT2D eigenvalue weighted by Gasteiger charge is -2.02. The molecule has 0 bridgehead atoms. The molecule has 3 rings (SSSR count). The minimum atomic E-state index is -0.0320. The van der Waals surface area contributed by atoms with Gasteiger partial charge in [0.2, 0.25) is 11.0 Å². The third kappa shape index (κ3) is 5.41. The van der Waals surface area contributed by atoms with Gasteiger partial charge in [-0.25, -0.2) is 0 Å². The van der Waals surface area contributed by atoms with Crippen LogP contribution in [0, 0.1) is 6.92 Å². The van der Waals surface area contributed by atoms with Gasteiger partial charge in [0.1, 0.15) is 0 Å².